The molecule has 0 aliphatic heterocycles. The van der Waals surface area contributed by atoms with Crippen molar-refractivity contribution < 1.29 is 14.6 Å². The molecule has 1 aliphatic carbocycles. The van der Waals surface area contributed by atoms with Crippen LogP contribution in [0.2, 0.25) is 0 Å². The van der Waals surface area contributed by atoms with E-state index in [1.165, 1.54) is 16.8 Å². The van der Waals surface area contributed by atoms with E-state index >= 15 is 0 Å². The van der Waals surface area contributed by atoms with E-state index in [0.29, 0.717) is 6.42 Å². The van der Waals surface area contributed by atoms with Gasteiger partial charge >= 0.3 is 11.7 Å². The Morgan fingerprint density at radius 3 is 2.95 bits per heavy atom. The molecule has 1 aliphatic rings. The summed E-state index contributed by atoms with van der Waals surface area (Å²) in [4.78, 5) is 26.7. The number of aromatic nitrogens is 2. The summed E-state index contributed by atoms with van der Waals surface area (Å²) in [5.74, 6) is -0.360. The van der Waals surface area contributed by atoms with Crippen LogP contribution < -0.4 is 11.4 Å². The number of hydrogen-bond acceptors (Lipinski definition) is 6. The number of carbonyl (C=O) groups excluding carboxylic acids is 1. The van der Waals surface area contributed by atoms with Gasteiger partial charge in [-0.2, -0.15) is 4.98 Å². The maximum absolute atomic E-state index is 11.6. The number of carbonyl (C=O) groups is 1. The largest absolute Gasteiger partial charge is 0.464 e. The molecule has 0 saturated heterocycles. The monoisotopic (exact) mass is 293 g/mol. The van der Waals surface area contributed by atoms with E-state index in [-0.39, 0.29) is 30.9 Å². The molecule has 1 atom stereocenters. The fourth-order valence-electron chi connectivity index (χ4n) is 1.92. The van der Waals surface area contributed by atoms with Crippen LogP contribution in [0.3, 0.4) is 0 Å². The van der Waals surface area contributed by atoms with E-state index in [2.05, 4.69) is 4.98 Å². The Morgan fingerprint density at radius 1 is 1.67 bits per heavy atom. The molecule has 3 N–H and O–H groups in total. The summed E-state index contributed by atoms with van der Waals surface area (Å²) in [6.45, 7) is 3.47. The fourth-order valence-corrected chi connectivity index (χ4v) is 1.92. The quantitative estimate of drug-likeness (QED) is 0.753. The van der Waals surface area contributed by atoms with Gasteiger partial charge in [0.1, 0.15) is 12.4 Å². The van der Waals surface area contributed by atoms with Gasteiger partial charge in [0.25, 0.3) is 0 Å². The van der Waals surface area contributed by atoms with Crippen molar-refractivity contribution in [1.82, 2.24) is 9.55 Å². The molecule has 1 aromatic heterocycles. The summed E-state index contributed by atoms with van der Waals surface area (Å²) in [7, 11) is 0. The summed E-state index contributed by atoms with van der Waals surface area (Å²) in [6.07, 6.45) is 3.69. The molecular formula is C14H19N3O4. The van der Waals surface area contributed by atoms with Crippen LogP contribution in [0, 0.1) is 11.3 Å². The Balaban J connectivity index is 2.10. The molecule has 7 nitrogen and oxygen atoms in total. The zero-order valence-corrected chi connectivity index (χ0v) is 12.1. The molecule has 1 aromatic rings. The number of nitrogens with two attached hydrogens (primary N) is 1. The van der Waals surface area contributed by atoms with Crippen LogP contribution in [0.1, 0.15) is 20.3 Å². The number of ether oxygens (including phenoxy) is 1. The first-order valence-corrected chi connectivity index (χ1v) is 6.71. The van der Waals surface area contributed by atoms with E-state index in [0.717, 1.165) is 5.57 Å². The van der Waals surface area contributed by atoms with Gasteiger partial charge in [0.2, 0.25) is 0 Å². The lowest BCUT2D eigenvalue weighted by atomic mass is 10.1. The molecule has 114 valence electrons. The molecule has 1 saturated carbocycles. The standard InChI is InChI=1S/C14H19N3O4/c1-9(2)12(19)21-8-14(7-18)5-10(14)6-17-4-3-11(15)16-13(17)20/h3-4,6,9,18H,5,7-8H2,1-2H3,(H2,15,16,20)/b10-6-/t14-/m1/s1. The maximum Gasteiger partial charge on any atom is 0.353 e. The number of anilines is 1. The van der Waals surface area contributed by atoms with Crippen LogP contribution in [0.25, 0.3) is 6.20 Å². The van der Waals surface area contributed by atoms with Gasteiger partial charge in [-0.3, -0.25) is 9.36 Å². The van der Waals surface area contributed by atoms with Crippen molar-refractivity contribution in [1.29, 1.82) is 0 Å². The van der Waals surface area contributed by atoms with E-state index in [1.807, 2.05) is 0 Å². The van der Waals surface area contributed by atoms with Crippen LogP contribution in [0.15, 0.2) is 22.6 Å². The number of nitrogen functional groups attached to an aromatic ring is 1. The Morgan fingerprint density at radius 2 is 2.38 bits per heavy atom. The minimum absolute atomic E-state index is 0.115. The summed E-state index contributed by atoms with van der Waals surface area (Å²) in [5.41, 5.74) is 5.20. The molecule has 2 rings (SSSR count). The molecule has 7 heteroatoms. The minimum atomic E-state index is -0.578. The third-order valence-corrected chi connectivity index (χ3v) is 3.50. The van der Waals surface area contributed by atoms with Crippen molar-refractivity contribution in [3.63, 3.8) is 0 Å². The van der Waals surface area contributed by atoms with Crippen molar-refractivity contribution in [3.8, 4) is 0 Å². The van der Waals surface area contributed by atoms with Crippen molar-refractivity contribution in [2.75, 3.05) is 18.9 Å². The predicted molar refractivity (Wildman–Crippen MR) is 77.1 cm³/mol. The molecule has 1 fully saturated rings. The lowest BCUT2D eigenvalue weighted by Crippen LogP contribution is -2.22. The summed E-state index contributed by atoms with van der Waals surface area (Å²) in [6, 6.07) is 1.51. The minimum Gasteiger partial charge on any atom is -0.464 e. The van der Waals surface area contributed by atoms with Crippen LogP contribution in [0.5, 0.6) is 0 Å². The van der Waals surface area contributed by atoms with Crippen molar-refractivity contribution >= 4 is 18.0 Å². The van der Waals surface area contributed by atoms with Gasteiger partial charge < -0.3 is 15.6 Å². The highest BCUT2D eigenvalue weighted by Crippen LogP contribution is 2.52. The van der Waals surface area contributed by atoms with Gasteiger partial charge in [-0.25, -0.2) is 4.79 Å². The smallest absolute Gasteiger partial charge is 0.353 e. The number of aliphatic hydroxyl groups excluding tert-OH is 1. The van der Waals surface area contributed by atoms with Gasteiger partial charge in [-0.1, -0.05) is 13.8 Å². The average Bonchev–Trinajstić information content (AvgIpc) is 3.13. The fraction of sp³-hybridized carbons (Fsp3) is 0.500. The number of hydrogen-bond donors (Lipinski definition) is 2. The second-order valence-electron chi connectivity index (χ2n) is 5.57. The Labute approximate surface area is 122 Å². The van der Waals surface area contributed by atoms with Crippen molar-refractivity contribution in [2.24, 2.45) is 11.3 Å². The summed E-state index contributed by atoms with van der Waals surface area (Å²) >= 11 is 0. The Kier molecular flexibility index (Phi) is 4.13. The highest BCUT2D eigenvalue weighted by atomic mass is 16.5. The van der Waals surface area contributed by atoms with E-state index < -0.39 is 11.1 Å². The first-order valence-electron chi connectivity index (χ1n) is 6.71. The van der Waals surface area contributed by atoms with Gasteiger partial charge in [-0.15, -0.1) is 0 Å². The third-order valence-electron chi connectivity index (χ3n) is 3.50. The maximum atomic E-state index is 11.6. The summed E-state index contributed by atoms with van der Waals surface area (Å²) < 4.78 is 6.48. The zero-order valence-electron chi connectivity index (χ0n) is 12.1. The van der Waals surface area contributed by atoms with E-state index in [4.69, 9.17) is 10.5 Å². The lowest BCUT2D eigenvalue weighted by Gasteiger charge is -2.13. The predicted octanol–water partition coefficient (Wildman–Crippen LogP) is 0.248. The third kappa shape index (κ3) is 3.30. The van der Waals surface area contributed by atoms with Crippen LogP contribution >= 0.6 is 0 Å². The Bertz CT molecular complexity index is 635. The second kappa shape index (κ2) is 5.69. The molecule has 0 spiro atoms. The molecule has 0 aromatic carbocycles. The normalized spacial score (nSPS) is 22.6. The topological polar surface area (TPSA) is 107 Å². The molecule has 1 heterocycles. The molecule has 0 radical (unpaired) electrons. The first kappa shape index (κ1) is 15.2. The number of rotatable bonds is 5. The summed E-state index contributed by atoms with van der Waals surface area (Å²) in [5, 5.41) is 9.51. The van der Waals surface area contributed by atoms with Crippen molar-refractivity contribution in [2.45, 2.75) is 20.3 Å². The van der Waals surface area contributed by atoms with Crippen LogP contribution in [-0.4, -0.2) is 33.8 Å². The zero-order chi connectivity index (χ0) is 15.6. The molecule has 0 unspecified atom stereocenters. The van der Waals surface area contributed by atoms with E-state index in [1.54, 1.807) is 20.0 Å². The number of nitrogens with zero attached hydrogens (tertiary/aromatic N) is 2. The molecule has 0 amide bonds. The molecular weight excluding hydrogens is 274 g/mol. The Hall–Kier alpha value is -2.15. The highest BCUT2D eigenvalue weighted by Gasteiger charge is 2.50. The van der Waals surface area contributed by atoms with Crippen molar-refractivity contribution in [3.05, 3.63) is 28.3 Å². The van der Waals surface area contributed by atoms with Crippen LogP contribution in [0.4, 0.5) is 5.82 Å². The second-order valence-corrected chi connectivity index (χ2v) is 5.57. The first-order chi connectivity index (χ1) is 9.88. The van der Waals surface area contributed by atoms with Gasteiger partial charge in [0.05, 0.1) is 17.9 Å². The highest BCUT2D eigenvalue weighted by molar-refractivity contribution is 5.71. The van der Waals surface area contributed by atoms with Crippen LogP contribution in [-0.2, 0) is 9.53 Å². The molecule has 0 bridgehead atoms. The van der Waals surface area contributed by atoms with E-state index in [9.17, 15) is 14.7 Å². The average molecular weight is 293 g/mol. The number of aliphatic hydroxyl groups is 1. The van der Waals surface area contributed by atoms with Gasteiger partial charge in [-0.05, 0) is 18.1 Å². The van der Waals surface area contributed by atoms with Gasteiger partial charge in [0.15, 0.2) is 0 Å². The lowest BCUT2D eigenvalue weighted by molar-refractivity contribution is -0.149. The number of esters is 1. The van der Waals surface area contributed by atoms with Gasteiger partial charge in [0, 0.05) is 12.4 Å². The molecule has 21 heavy (non-hydrogen) atoms. The SMILES string of the molecule is CC(C)C(=O)OC[C@]1(CO)C/C1=C/n1ccc(N)nc1=O.